The number of aryl methyl sites for hydroxylation is 2. The van der Waals surface area contributed by atoms with Gasteiger partial charge in [-0.2, -0.15) is 10.5 Å². The monoisotopic (exact) mass is 845 g/mol. The summed E-state index contributed by atoms with van der Waals surface area (Å²) in [6.45, 7) is 6.41. The van der Waals surface area contributed by atoms with Crippen molar-refractivity contribution in [1.29, 1.82) is 10.5 Å². The van der Waals surface area contributed by atoms with E-state index in [0.29, 0.717) is 81.0 Å². The molecule has 63 heavy (non-hydrogen) atoms. The molecule has 3 fully saturated rings. The predicted molar refractivity (Wildman–Crippen MR) is 239 cm³/mol. The minimum atomic E-state index is -0.205. The Kier molecular flexibility index (Phi) is 12.7. The SMILES string of the molecule is Cc1cc(Oc2ccnc3cc(O)c(C#N)cc23)ccc1NC(=O)NC1CC1.Cc1cc(Oc2ccnc3cc(OCC4CCNCC4)c(C#N)cc23)ccc1NC(=O)NC1CC1. The van der Waals surface area contributed by atoms with Gasteiger partial charge in [-0.25, -0.2) is 9.59 Å². The fourth-order valence-electron chi connectivity index (χ4n) is 7.11. The minimum Gasteiger partial charge on any atom is -0.506 e. The number of nitrogens with one attached hydrogen (secondary N) is 5. The average Bonchev–Trinajstić information content (AvgIpc) is 4.24. The number of hydrogen-bond donors (Lipinski definition) is 6. The molecule has 3 heterocycles. The van der Waals surface area contributed by atoms with Crippen molar-refractivity contribution in [3.8, 4) is 46.6 Å². The number of hydrogen-bond acceptors (Lipinski definition) is 11. The van der Waals surface area contributed by atoms with Gasteiger partial charge in [-0.1, -0.05) is 0 Å². The zero-order chi connectivity index (χ0) is 43.9. The lowest BCUT2D eigenvalue weighted by Crippen LogP contribution is -2.30. The zero-order valence-electron chi connectivity index (χ0n) is 35.0. The molecule has 9 rings (SSSR count). The molecule has 0 bridgehead atoms. The van der Waals surface area contributed by atoms with Gasteiger partial charge in [-0.15, -0.1) is 0 Å². The molecular weight excluding hydrogens is 799 g/mol. The minimum absolute atomic E-state index is 0.115. The third kappa shape index (κ3) is 10.8. The normalized spacial score (nSPS) is 14.6. The quantitative estimate of drug-likeness (QED) is 0.0723. The second kappa shape index (κ2) is 19.0. The lowest BCUT2D eigenvalue weighted by atomic mass is 9.99. The second-order valence-corrected chi connectivity index (χ2v) is 16.0. The standard InChI is InChI=1S/C27H29N5O3.C21H18N4O3/c1-17-12-21(4-5-23(17)32-27(33)31-20-2-3-20)35-25-8-11-30-24-14-26(19(15-28)13-22(24)25)34-16-18-6-9-29-10-7-18;1-12-8-15(4-5-17(12)25-21(27)24-14-2-3-14)28-20-6-7-23-18-10-19(26)13(11-22)9-16(18)20/h4-5,8,11-14,18,20,29H,2-3,6-7,9-10,16H2,1H3,(H2,31,32,33);4-10,14,26H,2-3H2,1H3,(H2,24,25,27). The number of carbonyl (C=O) groups is 2. The number of fused-ring (bicyclic) bond motifs is 2. The van der Waals surface area contributed by atoms with Crippen molar-refractivity contribution in [3.05, 3.63) is 107 Å². The van der Waals surface area contributed by atoms with Crippen molar-refractivity contribution in [2.45, 2.75) is 64.5 Å². The highest BCUT2D eigenvalue weighted by molar-refractivity contribution is 5.92. The first-order valence-electron chi connectivity index (χ1n) is 21.0. The Morgan fingerprint density at radius 3 is 1.68 bits per heavy atom. The second-order valence-electron chi connectivity index (χ2n) is 16.0. The summed E-state index contributed by atoms with van der Waals surface area (Å²) in [5, 5.41) is 45.0. The Hall–Kier alpha value is -7.62. The number of ether oxygens (including phenoxy) is 3. The maximum atomic E-state index is 12.1. The van der Waals surface area contributed by atoms with Gasteiger partial charge in [0.05, 0.1) is 28.8 Å². The molecule has 0 unspecified atom stereocenters. The maximum absolute atomic E-state index is 12.1. The summed E-state index contributed by atoms with van der Waals surface area (Å²) in [5.41, 5.74) is 5.04. The van der Waals surface area contributed by atoms with Crippen molar-refractivity contribution < 1.29 is 28.9 Å². The number of piperidine rings is 1. The fourth-order valence-corrected chi connectivity index (χ4v) is 7.11. The van der Waals surface area contributed by atoms with Gasteiger partial charge in [0.25, 0.3) is 0 Å². The van der Waals surface area contributed by atoms with Crippen LogP contribution >= 0.6 is 0 Å². The number of phenolic OH excluding ortho intramolecular Hbond substituents is 1. The van der Waals surface area contributed by atoms with E-state index in [1.807, 2.05) is 50.2 Å². The number of urea groups is 2. The molecule has 2 saturated carbocycles. The number of aromatic hydroxyl groups is 1. The highest BCUT2D eigenvalue weighted by atomic mass is 16.5. The molecule has 4 aromatic carbocycles. The number of nitriles is 2. The van der Waals surface area contributed by atoms with E-state index in [2.05, 4.69) is 42.6 Å². The largest absolute Gasteiger partial charge is 0.506 e. The van der Waals surface area contributed by atoms with E-state index in [9.17, 15) is 20.0 Å². The van der Waals surface area contributed by atoms with Crippen LogP contribution in [-0.2, 0) is 0 Å². The molecule has 2 aromatic heterocycles. The van der Waals surface area contributed by atoms with Crippen LogP contribution in [0.3, 0.4) is 0 Å². The number of anilines is 2. The zero-order valence-corrected chi connectivity index (χ0v) is 35.0. The molecule has 320 valence electrons. The fraction of sp³-hybridized carbons (Fsp3) is 0.292. The Morgan fingerprint density at radius 2 is 1.19 bits per heavy atom. The van der Waals surface area contributed by atoms with Crippen LogP contribution in [0.15, 0.2) is 85.2 Å². The van der Waals surface area contributed by atoms with E-state index in [1.54, 1.807) is 48.8 Å². The molecule has 2 aliphatic carbocycles. The lowest BCUT2D eigenvalue weighted by Gasteiger charge is -2.23. The third-order valence-electron chi connectivity index (χ3n) is 11.0. The number of nitrogens with zero attached hydrogens (tertiary/aromatic N) is 4. The van der Waals surface area contributed by atoms with E-state index in [4.69, 9.17) is 19.5 Å². The van der Waals surface area contributed by atoms with Crippen molar-refractivity contribution in [1.82, 2.24) is 25.9 Å². The number of benzene rings is 4. The highest BCUT2D eigenvalue weighted by Crippen LogP contribution is 2.36. The van der Waals surface area contributed by atoms with Gasteiger partial charge in [0.2, 0.25) is 0 Å². The van der Waals surface area contributed by atoms with Gasteiger partial charge in [0.1, 0.15) is 46.6 Å². The number of carbonyl (C=O) groups excluding carboxylic acids is 2. The Labute approximate surface area is 364 Å². The van der Waals surface area contributed by atoms with Crippen molar-refractivity contribution >= 4 is 45.2 Å². The smallest absolute Gasteiger partial charge is 0.319 e. The summed E-state index contributed by atoms with van der Waals surface area (Å²) in [7, 11) is 0. The van der Waals surface area contributed by atoms with Gasteiger partial charge >= 0.3 is 12.1 Å². The molecule has 0 spiro atoms. The summed E-state index contributed by atoms with van der Waals surface area (Å²) >= 11 is 0. The Balaban J connectivity index is 0.000000177. The molecule has 6 N–H and O–H groups in total. The first-order chi connectivity index (χ1) is 30.6. The number of amides is 4. The van der Waals surface area contributed by atoms with Gasteiger partial charge in [-0.3, -0.25) is 9.97 Å². The maximum Gasteiger partial charge on any atom is 0.319 e. The van der Waals surface area contributed by atoms with Crippen LogP contribution in [0.4, 0.5) is 21.0 Å². The average molecular weight is 846 g/mol. The number of pyridine rings is 2. The van der Waals surface area contributed by atoms with Gasteiger partial charge in [0, 0.05) is 58.8 Å². The summed E-state index contributed by atoms with van der Waals surface area (Å²) in [6.07, 6.45) is 9.56. The highest BCUT2D eigenvalue weighted by Gasteiger charge is 2.24. The summed E-state index contributed by atoms with van der Waals surface area (Å²) < 4.78 is 18.2. The topological polar surface area (TPSA) is 216 Å². The molecule has 1 saturated heterocycles. The first-order valence-corrected chi connectivity index (χ1v) is 21.0. The lowest BCUT2D eigenvalue weighted by molar-refractivity contribution is 0.215. The molecule has 4 amide bonds. The van der Waals surface area contributed by atoms with Crippen LogP contribution in [0.2, 0.25) is 0 Å². The van der Waals surface area contributed by atoms with E-state index in [1.165, 1.54) is 6.07 Å². The number of rotatable bonds is 11. The number of phenols is 1. The van der Waals surface area contributed by atoms with E-state index in [0.717, 1.165) is 73.8 Å². The summed E-state index contributed by atoms with van der Waals surface area (Å²) in [4.78, 5) is 32.7. The van der Waals surface area contributed by atoms with Crippen LogP contribution in [-0.4, -0.2) is 58.9 Å². The molecule has 3 aliphatic rings. The Bertz CT molecular complexity index is 2770. The number of aromatic nitrogens is 2. The van der Waals surface area contributed by atoms with Crippen LogP contribution in [0.1, 0.15) is 60.8 Å². The third-order valence-corrected chi connectivity index (χ3v) is 11.0. The Morgan fingerprint density at radius 1 is 0.683 bits per heavy atom. The molecule has 0 radical (unpaired) electrons. The molecule has 0 atom stereocenters. The van der Waals surface area contributed by atoms with Gasteiger partial charge < -0.3 is 45.9 Å². The van der Waals surface area contributed by atoms with Crippen LogP contribution in [0, 0.1) is 42.4 Å². The van der Waals surface area contributed by atoms with E-state index in [-0.39, 0.29) is 23.4 Å². The first kappa shape index (κ1) is 42.1. The van der Waals surface area contributed by atoms with Crippen molar-refractivity contribution in [3.63, 3.8) is 0 Å². The van der Waals surface area contributed by atoms with E-state index >= 15 is 0 Å². The van der Waals surface area contributed by atoms with E-state index < -0.39 is 0 Å². The van der Waals surface area contributed by atoms with Gasteiger partial charge in [-0.05, 0) is 143 Å². The molecule has 1 aliphatic heterocycles. The molecule has 15 heteroatoms. The van der Waals surface area contributed by atoms with Gasteiger partial charge in [0.15, 0.2) is 0 Å². The van der Waals surface area contributed by atoms with Crippen molar-refractivity contribution in [2.24, 2.45) is 5.92 Å². The molecule has 15 nitrogen and oxygen atoms in total. The molecular formula is C48H47N9O6. The van der Waals surface area contributed by atoms with Crippen LogP contribution in [0.25, 0.3) is 21.8 Å². The van der Waals surface area contributed by atoms with Crippen molar-refractivity contribution in [2.75, 3.05) is 30.3 Å². The summed E-state index contributed by atoms with van der Waals surface area (Å²) in [6, 6.07) is 25.4. The summed E-state index contributed by atoms with van der Waals surface area (Å²) in [5.74, 6) is 3.27. The molecule has 6 aromatic rings. The van der Waals surface area contributed by atoms with Crippen LogP contribution < -0.4 is 40.8 Å². The van der Waals surface area contributed by atoms with Crippen LogP contribution in [0.5, 0.6) is 34.5 Å². The predicted octanol–water partition coefficient (Wildman–Crippen LogP) is 9.07.